The van der Waals surface area contributed by atoms with Gasteiger partial charge in [0.05, 0.1) is 0 Å². The van der Waals surface area contributed by atoms with E-state index in [0.29, 0.717) is 17.4 Å². The van der Waals surface area contributed by atoms with Crippen LogP contribution in [-0.4, -0.2) is 31.1 Å². The van der Waals surface area contributed by atoms with Crippen molar-refractivity contribution in [2.75, 3.05) is 26.2 Å². The van der Waals surface area contributed by atoms with E-state index in [0.717, 1.165) is 13.1 Å². The Bertz CT molecular complexity index is 411. The highest BCUT2D eigenvalue weighted by atomic mass is 15.2. The zero-order valence-electron chi connectivity index (χ0n) is 14.2. The molecular weight excluding hydrogens is 256 g/mol. The number of benzene rings is 1. The molecule has 1 saturated heterocycles. The molecule has 1 unspecified atom stereocenters. The fourth-order valence-electron chi connectivity index (χ4n) is 3.38. The van der Waals surface area contributed by atoms with E-state index in [-0.39, 0.29) is 0 Å². The highest BCUT2D eigenvalue weighted by Crippen LogP contribution is 2.33. The van der Waals surface area contributed by atoms with Gasteiger partial charge in [-0.25, -0.2) is 0 Å². The van der Waals surface area contributed by atoms with Crippen molar-refractivity contribution >= 4 is 0 Å². The predicted molar refractivity (Wildman–Crippen MR) is 91.5 cm³/mol. The van der Waals surface area contributed by atoms with E-state index in [1.807, 2.05) is 0 Å². The lowest BCUT2D eigenvalue weighted by Gasteiger charge is -2.42. The third-order valence-electron chi connectivity index (χ3n) is 4.45. The monoisotopic (exact) mass is 288 g/mol. The molecule has 2 rings (SSSR count). The van der Waals surface area contributed by atoms with Crippen molar-refractivity contribution in [3.8, 4) is 0 Å². The summed E-state index contributed by atoms with van der Waals surface area (Å²) in [6.07, 6.45) is 2.67. The molecule has 1 aromatic rings. The van der Waals surface area contributed by atoms with E-state index < -0.39 is 0 Å². The van der Waals surface area contributed by atoms with Crippen LogP contribution in [0.5, 0.6) is 0 Å². The van der Waals surface area contributed by atoms with Crippen LogP contribution >= 0.6 is 0 Å². The van der Waals surface area contributed by atoms with Gasteiger partial charge in [-0.3, -0.25) is 4.90 Å². The number of nitrogens with zero attached hydrogens (tertiary/aromatic N) is 1. The number of rotatable bonds is 6. The molecule has 118 valence electrons. The van der Waals surface area contributed by atoms with Gasteiger partial charge >= 0.3 is 0 Å². The zero-order chi connectivity index (χ0) is 15.3. The molecule has 0 saturated carbocycles. The van der Waals surface area contributed by atoms with Crippen molar-refractivity contribution in [3.05, 3.63) is 35.9 Å². The topological polar surface area (TPSA) is 15.3 Å². The molecule has 1 heterocycles. The summed E-state index contributed by atoms with van der Waals surface area (Å²) in [7, 11) is 0. The largest absolute Gasteiger partial charge is 0.315 e. The summed E-state index contributed by atoms with van der Waals surface area (Å²) in [6, 6.07) is 11.5. The average Bonchev–Trinajstić information content (AvgIpc) is 2.43. The maximum absolute atomic E-state index is 3.67. The standard InChI is InChI=1S/C19H32N2/c1-16(2)13-20-14-18(17-9-6-5-7-10-17)21-12-8-11-19(3,4)15-21/h5-7,9-10,16,18,20H,8,11-15H2,1-4H3. The average molecular weight is 288 g/mol. The molecular formula is C19H32N2. The second kappa shape index (κ2) is 7.42. The first kappa shape index (κ1) is 16.5. The molecule has 21 heavy (non-hydrogen) atoms. The second-order valence-corrected chi connectivity index (χ2v) is 7.72. The third kappa shape index (κ3) is 5.12. The summed E-state index contributed by atoms with van der Waals surface area (Å²) in [5, 5.41) is 3.67. The van der Waals surface area contributed by atoms with Gasteiger partial charge in [-0.2, -0.15) is 0 Å². The van der Waals surface area contributed by atoms with Crippen LogP contribution in [0.2, 0.25) is 0 Å². The molecule has 0 aliphatic carbocycles. The molecule has 0 aromatic heterocycles. The van der Waals surface area contributed by atoms with Crippen molar-refractivity contribution in [3.63, 3.8) is 0 Å². The van der Waals surface area contributed by atoms with Gasteiger partial charge in [0, 0.05) is 19.1 Å². The van der Waals surface area contributed by atoms with Gasteiger partial charge in [-0.1, -0.05) is 58.0 Å². The van der Waals surface area contributed by atoms with Gasteiger partial charge in [0.1, 0.15) is 0 Å². The molecule has 1 N–H and O–H groups in total. The van der Waals surface area contributed by atoms with Crippen LogP contribution in [0.25, 0.3) is 0 Å². The van der Waals surface area contributed by atoms with Crippen LogP contribution in [0, 0.1) is 11.3 Å². The summed E-state index contributed by atoms with van der Waals surface area (Å²) in [5.41, 5.74) is 1.90. The molecule has 1 fully saturated rings. The fourth-order valence-corrected chi connectivity index (χ4v) is 3.38. The van der Waals surface area contributed by atoms with E-state index >= 15 is 0 Å². The van der Waals surface area contributed by atoms with Crippen LogP contribution in [0.1, 0.15) is 52.1 Å². The van der Waals surface area contributed by atoms with Crippen LogP contribution in [0.4, 0.5) is 0 Å². The molecule has 2 heteroatoms. The first-order valence-electron chi connectivity index (χ1n) is 8.48. The SMILES string of the molecule is CC(C)CNCC(c1ccccc1)N1CCCC(C)(C)C1. The quantitative estimate of drug-likeness (QED) is 0.848. The van der Waals surface area contributed by atoms with E-state index in [9.17, 15) is 0 Å². The fraction of sp³-hybridized carbons (Fsp3) is 0.684. The van der Waals surface area contributed by atoms with Crippen molar-refractivity contribution in [1.29, 1.82) is 0 Å². The number of nitrogens with one attached hydrogen (secondary N) is 1. The van der Waals surface area contributed by atoms with Gasteiger partial charge in [-0.05, 0) is 42.8 Å². The molecule has 1 aliphatic rings. The highest BCUT2D eigenvalue weighted by molar-refractivity contribution is 5.19. The minimum Gasteiger partial charge on any atom is -0.315 e. The summed E-state index contributed by atoms with van der Waals surface area (Å²) in [5.74, 6) is 0.708. The molecule has 1 aromatic carbocycles. The van der Waals surface area contributed by atoms with Gasteiger partial charge in [0.15, 0.2) is 0 Å². The lowest BCUT2D eigenvalue weighted by Crippen LogP contribution is -2.45. The number of hydrogen-bond donors (Lipinski definition) is 1. The summed E-state index contributed by atoms with van der Waals surface area (Å²) < 4.78 is 0. The van der Waals surface area contributed by atoms with Gasteiger partial charge in [0.2, 0.25) is 0 Å². The number of piperidine rings is 1. The number of likely N-dealkylation sites (tertiary alicyclic amines) is 1. The number of hydrogen-bond acceptors (Lipinski definition) is 2. The van der Waals surface area contributed by atoms with Crippen LogP contribution < -0.4 is 5.32 Å². The van der Waals surface area contributed by atoms with E-state index in [2.05, 4.69) is 68.2 Å². The highest BCUT2D eigenvalue weighted by Gasteiger charge is 2.30. The maximum Gasteiger partial charge on any atom is 0.0472 e. The lowest BCUT2D eigenvalue weighted by atomic mass is 9.83. The molecule has 0 amide bonds. The predicted octanol–water partition coefficient (Wildman–Crippen LogP) is 4.10. The Hall–Kier alpha value is -0.860. The van der Waals surface area contributed by atoms with Gasteiger partial charge in [-0.15, -0.1) is 0 Å². The third-order valence-corrected chi connectivity index (χ3v) is 4.45. The van der Waals surface area contributed by atoms with Crippen molar-refractivity contribution in [2.24, 2.45) is 11.3 Å². The minimum absolute atomic E-state index is 0.448. The smallest absolute Gasteiger partial charge is 0.0472 e. The summed E-state index contributed by atoms with van der Waals surface area (Å²) in [6.45, 7) is 13.9. The Morgan fingerprint density at radius 3 is 2.48 bits per heavy atom. The first-order chi connectivity index (χ1) is 9.98. The molecule has 1 aliphatic heterocycles. The van der Waals surface area contributed by atoms with Crippen molar-refractivity contribution < 1.29 is 0 Å². The maximum atomic E-state index is 3.67. The zero-order valence-corrected chi connectivity index (χ0v) is 14.2. The Morgan fingerprint density at radius 2 is 1.86 bits per heavy atom. The second-order valence-electron chi connectivity index (χ2n) is 7.72. The van der Waals surface area contributed by atoms with Crippen molar-refractivity contribution in [1.82, 2.24) is 10.2 Å². The lowest BCUT2D eigenvalue weighted by molar-refractivity contribution is 0.0768. The minimum atomic E-state index is 0.448. The molecule has 1 atom stereocenters. The summed E-state index contributed by atoms with van der Waals surface area (Å²) >= 11 is 0. The van der Waals surface area contributed by atoms with Crippen LogP contribution in [0.15, 0.2) is 30.3 Å². The first-order valence-corrected chi connectivity index (χ1v) is 8.48. The molecule has 0 radical (unpaired) electrons. The normalized spacial score (nSPS) is 20.6. The molecule has 2 nitrogen and oxygen atoms in total. The van der Waals surface area contributed by atoms with Crippen molar-refractivity contribution in [2.45, 2.75) is 46.6 Å². The van der Waals surface area contributed by atoms with Crippen LogP contribution in [0.3, 0.4) is 0 Å². The van der Waals surface area contributed by atoms with Crippen LogP contribution in [-0.2, 0) is 0 Å². The van der Waals surface area contributed by atoms with Gasteiger partial charge < -0.3 is 5.32 Å². The Balaban J connectivity index is 2.08. The Kier molecular flexibility index (Phi) is 5.83. The Labute approximate surface area is 130 Å². The van der Waals surface area contributed by atoms with Gasteiger partial charge in [0.25, 0.3) is 0 Å². The molecule has 0 spiro atoms. The summed E-state index contributed by atoms with van der Waals surface area (Å²) in [4.78, 5) is 2.69. The van der Waals surface area contributed by atoms with E-state index in [1.165, 1.54) is 31.5 Å². The van der Waals surface area contributed by atoms with E-state index in [4.69, 9.17) is 0 Å². The Morgan fingerprint density at radius 1 is 1.14 bits per heavy atom. The van der Waals surface area contributed by atoms with E-state index in [1.54, 1.807) is 0 Å². The molecule has 0 bridgehead atoms.